The average molecular weight is 446 g/mol. The molecule has 4 rings (SSSR count). The molecule has 166 valence electrons. The maximum Gasteiger partial charge on any atom is 0.352 e. The molecule has 2 aromatic carbocycles. The highest BCUT2D eigenvalue weighted by Crippen LogP contribution is 2.35. The lowest BCUT2D eigenvalue weighted by Gasteiger charge is -2.08. The van der Waals surface area contributed by atoms with Crippen molar-refractivity contribution in [2.24, 2.45) is 0 Å². The number of urea groups is 1. The number of aromatic carboxylic acids is 1. The van der Waals surface area contributed by atoms with Crippen LogP contribution in [0.1, 0.15) is 37.7 Å². The second-order valence-electron chi connectivity index (χ2n) is 7.17. The van der Waals surface area contributed by atoms with Crippen LogP contribution in [0.2, 0.25) is 0 Å². The van der Waals surface area contributed by atoms with Gasteiger partial charge in [-0.3, -0.25) is 14.9 Å². The molecule has 1 aliphatic heterocycles. The summed E-state index contributed by atoms with van der Waals surface area (Å²) in [5.41, 5.74) is 3.09. The smallest absolute Gasteiger partial charge is 0.352 e. The zero-order valence-electron chi connectivity index (χ0n) is 17.0. The summed E-state index contributed by atoms with van der Waals surface area (Å²) in [6.45, 7) is -0.150. The topological polar surface area (TPSA) is 161 Å². The third-order valence-corrected chi connectivity index (χ3v) is 4.93. The normalized spacial score (nSPS) is 13.4. The van der Waals surface area contributed by atoms with Crippen LogP contribution in [0.25, 0.3) is 11.6 Å². The van der Waals surface area contributed by atoms with Crippen molar-refractivity contribution in [1.82, 2.24) is 10.3 Å². The molecular formula is C23H18N4O6. The number of carbonyl (C=O) groups excluding carboxylic acids is 3. The van der Waals surface area contributed by atoms with Gasteiger partial charge in [0, 0.05) is 22.5 Å². The lowest BCUT2D eigenvalue weighted by atomic mass is 10.1. The molecule has 1 aromatic heterocycles. The molecule has 0 bridgehead atoms. The Morgan fingerprint density at radius 3 is 2.42 bits per heavy atom. The van der Waals surface area contributed by atoms with Crippen LogP contribution in [0.15, 0.2) is 54.6 Å². The van der Waals surface area contributed by atoms with E-state index in [1.165, 1.54) is 24.3 Å². The number of aliphatic hydroxyl groups excluding tert-OH is 1. The molecular weight excluding hydrogens is 428 g/mol. The SMILES string of the molecule is O=C(NC(=O)c1ccc(CO)cc1)Nc1ccc2c(c1)NC(=O)/C2=C\c1ccc(C(=O)O)[nH]1. The number of imide groups is 1. The summed E-state index contributed by atoms with van der Waals surface area (Å²) in [6, 6.07) is 13.1. The second-order valence-corrected chi connectivity index (χ2v) is 7.17. The van der Waals surface area contributed by atoms with Gasteiger partial charge in [0.15, 0.2) is 0 Å². The number of H-pyrrole nitrogens is 1. The predicted octanol–water partition coefficient (Wildman–Crippen LogP) is 2.66. The number of aliphatic hydroxyl groups is 1. The van der Waals surface area contributed by atoms with Crippen LogP contribution in [0, 0.1) is 0 Å². The van der Waals surface area contributed by atoms with Gasteiger partial charge in [-0.2, -0.15) is 0 Å². The number of carboxylic acids is 1. The van der Waals surface area contributed by atoms with Gasteiger partial charge in [-0.05, 0) is 48.0 Å². The number of hydrogen-bond donors (Lipinski definition) is 6. The monoisotopic (exact) mass is 446 g/mol. The van der Waals surface area contributed by atoms with Crippen molar-refractivity contribution in [1.29, 1.82) is 0 Å². The minimum absolute atomic E-state index is 0.00456. The van der Waals surface area contributed by atoms with Gasteiger partial charge in [-0.1, -0.05) is 18.2 Å². The van der Waals surface area contributed by atoms with E-state index in [-0.39, 0.29) is 23.8 Å². The Bertz CT molecular complexity index is 1310. The summed E-state index contributed by atoms with van der Waals surface area (Å²) in [6.07, 6.45) is 1.54. The van der Waals surface area contributed by atoms with Gasteiger partial charge < -0.3 is 25.8 Å². The summed E-state index contributed by atoms with van der Waals surface area (Å²) >= 11 is 0. The van der Waals surface area contributed by atoms with Crippen LogP contribution in [0.4, 0.5) is 16.2 Å². The zero-order valence-corrected chi connectivity index (χ0v) is 17.0. The number of fused-ring (bicyclic) bond motifs is 1. The standard InChI is InChI=1S/C23H18N4O6/c28-11-12-1-3-13(4-2-12)20(29)27-23(33)25-15-5-7-16-17(21(30)26-19(16)10-15)9-14-6-8-18(24-14)22(31)32/h1-10,24,28H,11H2,(H,26,30)(H,31,32)(H2,25,27,29,33)/b17-9-. The number of rotatable bonds is 5. The highest BCUT2D eigenvalue weighted by atomic mass is 16.4. The Morgan fingerprint density at radius 1 is 1.00 bits per heavy atom. The number of nitrogens with one attached hydrogen (secondary N) is 4. The second kappa shape index (κ2) is 8.81. The summed E-state index contributed by atoms with van der Waals surface area (Å²) < 4.78 is 0. The molecule has 0 saturated carbocycles. The Hall–Kier alpha value is -4.70. The first kappa shape index (κ1) is 21.5. The first-order valence-corrected chi connectivity index (χ1v) is 9.76. The summed E-state index contributed by atoms with van der Waals surface area (Å²) in [5, 5.41) is 25.5. The van der Waals surface area contributed by atoms with Crippen molar-refractivity contribution in [2.45, 2.75) is 6.61 Å². The molecule has 4 amide bonds. The molecule has 10 heteroatoms. The molecule has 0 saturated heterocycles. The zero-order chi connectivity index (χ0) is 23.5. The van der Waals surface area contributed by atoms with Crippen molar-refractivity contribution in [2.75, 3.05) is 10.6 Å². The van der Waals surface area contributed by atoms with E-state index in [0.717, 1.165) is 0 Å². The first-order valence-electron chi connectivity index (χ1n) is 9.76. The third-order valence-electron chi connectivity index (χ3n) is 4.93. The van der Waals surface area contributed by atoms with E-state index < -0.39 is 17.9 Å². The number of amides is 4. The summed E-state index contributed by atoms with van der Waals surface area (Å²) in [7, 11) is 0. The third kappa shape index (κ3) is 4.65. The molecule has 0 radical (unpaired) electrons. The van der Waals surface area contributed by atoms with E-state index in [1.54, 1.807) is 36.4 Å². The number of anilines is 2. The van der Waals surface area contributed by atoms with Gasteiger partial charge in [-0.25, -0.2) is 9.59 Å². The number of benzene rings is 2. The molecule has 0 aliphatic carbocycles. The van der Waals surface area contributed by atoms with E-state index >= 15 is 0 Å². The number of hydrogen-bond acceptors (Lipinski definition) is 5. The van der Waals surface area contributed by atoms with E-state index in [4.69, 9.17) is 10.2 Å². The molecule has 0 unspecified atom stereocenters. The summed E-state index contributed by atoms with van der Waals surface area (Å²) in [4.78, 5) is 50.5. The summed E-state index contributed by atoms with van der Waals surface area (Å²) in [5.74, 6) is -2.09. The van der Waals surface area contributed by atoms with Crippen molar-refractivity contribution in [3.8, 4) is 0 Å². The van der Waals surface area contributed by atoms with Crippen LogP contribution < -0.4 is 16.0 Å². The molecule has 0 atom stereocenters. The van der Waals surface area contributed by atoms with E-state index in [0.29, 0.717) is 33.8 Å². The van der Waals surface area contributed by atoms with Gasteiger partial charge in [0.1, 0.15) is 5.69 Å². The number of carbonyl (C=O) groups is 4. The lowest BCUT2D eigenvalue weighted by molar-refractivity contribution is -0.110. The van der Waals surface area contributed by atoms with Crippen LogP contribution in [0.3, 0.4) is 0 Å². The quantitative estimate of drug-likeness (QED) is 0.330. The van der Waals surface area contributed by atoms with Crippen molar-refractivity contribution in [3.63, 3.8) is 0 Å². The molecule has 3 aromatic rings. The highest BCUT2D eigenvalue weighted by molar-refractivity contribution is 6.35. The van der Waals surface area contributed by atoms with Crippen molar-refractivity contribution >= 4 is 46.8 Å². The maximum absolute atomic E-state index is 12.4. The van der Waals surface area contributed by atoms with Gasteiger partial charge in [0.2, 0.25) is 0 Å². The largest absolute Gasteiger partial charge is 0.477 e. The Balaban J connectivity index is 1.45. The highest BCUT2D eigenvalue weighted by Gasteiger charge is 2.25. The minimum atomic E-state index is -1.11. The first-order chi connectivity index (χ1) is 15.8. The Labute approximate surface area is 186 Å². The number of carboxylic acid groups (broad SMARTS) is 1. The lowest BCUT2D eigenvalue weighted by Crippen LogP contribution is -2.34. The van der Waals surface area contributed by atoms with Gasteiger partial charge in [0.05, 0.1) is 17.9 Å². The number of aromatic amines is 1. The molecule has 33 heavy (non-hydrogen) atoms. The molecule has 0 spiro atoms. The van der Waals surface area contributed by atoms with Crippen LogP contribution in [0.5, 0.6) is 0 Å². The van der Waals surface area contributed by atoms with Crippen LogP contribution in [-0.4, -0.2) is 39.0 Å². The van der Waals surface area contributed by atoms with Gasteiger partial charge in [-0.15, -0.1) is 0 Å². The molecule has 10 nitrogen and oxygen atoms in total. The minimum Gasteiger partial charge on any atom is -0.477 e. The number of aromatic nitrogens is 1. The fourth-order valence-corrected chi connectivity index (χ4v) is 3.29. The van der Waals surface area contributed by atoms with Crippen LogP contribution >= 0.6 is 0 Å². The fourth-order valence-electron chi connectivity index (χ4n) is 3.29. The van der Waals surface area contributed by atoms with Gasteiger partial charge in [0.25, 0.3) is 11.8 Å². The Kier molecular flexibility index (Phi) is 5.75. The molecule has 2 heterocycles. The van der Waals surface area contributed by atoms with Crippen molar-refractivity contribution in [3.05, 3.63) is 82.7 Å². The fraction of sp³-hybridized carbons (Fsp3) is 0.0435. The van der Waals surface area contributed by atoms with Gasteiger partial charge >= 0.3 is 12.0 Å². The molecule has 6 N–H and O–H groups in total. The maximum atomic E-state index is 12.4. The van der Waals surface area contributed by atoms with E-state index in [2.05, 4.69) is 20.9 Å². The Morgan fingerprint density at radius 2 is 1.76 bits per heavy atom. The van der Waals surface area contributed by atoms with E-state index in [1.807, 2.05) is 0 Å². The van der Waals surface area contributed by atoms with E-state index in [9.17, 15) is 19.2 Å². The molecule has 0 fully saturated rings. The van der Waals surface area contributed by atoms with Crippen LogP contribution in [-0.2, 0) is 11.4 Å². The van der Waals surface area contributed by atoms with Crippen molar-refractivity contribution < 1.29 is 29.4 Å². The predicted molar refractivity (Wildman–Crippen MR) is 120 cm³/mol. The molecule has 1 aliphatic rings. The average Bonchev–Trinajstić information content (AvgIpc) is 3.38.